The third-order valence-electron chi connectivity index (χ3n) is 3.34. The van der Waals surface area contributed by atoms with Gasteiger partial charge in [0.25, 0.3) is 5.91 Å². The van der Waals surface area contributed by atoms with E-state index < -0.39 is 0 Å². The zero-order valence-corrected chi connectivity index (χ0v) is 11.2. The van der Waals surface area contributed by atoms with Crippen LogP contribution in [0.4, 0.5) is 0 Å². The second-order valence-electron chi connectivity index (χ2n) is 4.78. The Hall–Kier alpha value is -1.79. The number of amides is 1. The monoisotopic (exact) mass is 257 g/mol. The highest BCUT2D eigenvalue weighted by Gasteiger charge is 2.22. The highest BCUT2D eigenvalue weighted by Crippen LogP contribution is 2.26. The molecule has 19 heavy (non-hydrogen) atoms. The summed E-state index contributed by atoms with van der Waals surface area (Å²) in [5.74, 6) is 5.47. The van der Waals surface area contributed by atoms with Gasteiger partial charge in [0.05, 0.1) is 6.04 Å². The van der Waals surface area contributed by atoms with Gasteiger partial charge in [-0.25, -0.2) is 0 Å². The maximum absolute atomic E-state index is 11.7. The lowest BCUT2D eigenvalue weighted by atomic mass is 9.94. The first-order valence-corrected chi connectivity index (χ1v) is 6.65. The zero-order chi connectivity index (χ0) is 13.5. The van der Waals surface area contributed by atoms with Crippen LogP contribution in [-0.4, -0.2) is 19.1 Å². The Balaban J connectivity index is 2.07. The third kappa shape index (κ3) is 4.11. The second-order valence-corrected chi connectivity index (χ2v) is 4.78. The van der Waals surface area contributed by atoms with Crippen molar-refractivity contribution in [1.82, 2.24) is 5.32 Å². The van der Waals surface area contributed by atoms with E-state index in [1.54, 1.807) is 6.92 Å². The molecule has 1 amide bonds. The minimum Gasteiger partial charge on any atom is -0.381 e. The minimum atomic E-state index is -0.213. The van der Waals surface area contributed by atoms with Gasteiger partial charge in [-0.1, -0.05) is 36.3 Å². The van der Waals surface area contributed by atoms with Gasteiger partial charge in [-0.15, -0.1) is 0 Å². The molecule has 0 radical (unpaired) electrons. The molecule has 3 heteroatoms. The number of hydrogen-bond acceptors (Lipinski definition) is 2. The van der Waals surface area contributed by atoms with Gasteiger partial charge in [0.15, 0.2) is 0 Å². The summed E-state index contributed by atoms with van der Waals surface area (Å²) in [7, 11) is 0. The quantitative estimate of drug-likeness (QED) is 0.840. The summed E-state index contributed by atoms with van der Waals surface area (Å²) in [6, 6.07) is 10.1. The molecule has 2 atom stereocenters. The van der Waals surface area contributed by atoms with Gasteiger partial charge in [0, 0.05) is 13.2 Å². The maximum atomic E-state index is 11.7. The highest BCUT2D eigenvalue weighted by molar-refractivity contribution is 5.93. The van der Waals surface area contributed by atoms with Crippen molar-refractivity contribution in [2.75, 3.05) is 13.2 Å². The van der Waals surface area contributed by atoms with Crippen LogP contribution >= 0.6 is 0 Å². The minimum absolute atomic E-state index is 0.0150. The van der Waals surface area contributed by atoms with E-state index >= 15 is 0 Å². The van der Waals surface area contributed by atoms with Crippen molar-refractivity contribution < 1.29 is 9.53 Å². The molecule has 1 N–H and O–H groups in total. The Bertz CT molecular complexity index is 467. The van der Waals surface area contributed by atoms with Gasteiger partial charge >= 0.3 is 0 Å². The molecule has 1 fully saturated rings. The molecule has 3 nitrogen and oxygen atoms in total. The molecule has 0 spiro atoms. The number of rotatable bonds is 4. The van der Waals surface area contributed by atoms with Crippen molar-refractivity contribution in [3.05, 3.63) is 35.9 Å². The van der Waals surface area contributed by atoms with Gasteiger partial charge in [-0.2, -0.15) is 0 Å². The summed E-state index contributed by atoms with van der Waals surface area (Å²) in [6.45, 7) is 3.29. The van der Waals surface area contributed by atoms with Crippen molar-refractivity contribution in [2.45, 2.75) is 25.8 Å². The number of hydrogen-bond donors (Lipinski definition) is 1. The fraction of sp³-hybridized carbons (Fsp3) is 0.438. The smallest absolute Gasteiger partial charge is 0.296 e. The van der Waals surface area contributed by atoms with E-state index in [1.165, 1.54) is 0 Å². The zero-order valence-electron chi connectivity index (χ0n) is 11.2. The summed E-state index contributed by atoms with van der Waals surface area (Å²) in [5, 5.41) is 2.99. The predicted molar refractivity (Wildman–Crippen MR) is 74.3 cm³/mol. The van der Waals surface area contributed by atoms with Crippen LogP contribution in [0.15, 0.2) is 30.3 Å². The summed E-state index contributed by atoms with van der Waals surface area (Å²) < 4.78 is 5.41. The molecular formula is C16H19NO2. The van der Waals surface area contributed by atoms with Crippen LogP contribution in [-0.2, 0) is 9.53 Å². The standard InChI is InChI=1S/C16H19NO2/c1-2-6-16(18)17-15(11-13-9-10-19-12-13)14-7-4-3-5-8-14/h3-5,7-8,13,15H,9-12H2,1H3,(H,17,18). The Morgan fingerprint density at radius 1 is 1.47 bits per heavy atom. The highest BCUT2D eigenvalue weighted by atomic mass is 16.5. The maximum Gasteiger partial charge on any atom is 0.296 e. The van der Waals surface area contributed by atoms with Crippen molar-refractivity contribution >= 4 is 5.91 Å². The number of carbonyl (C=O) groups is 1. The van der Waals surface area contributed by atoms with Gasteiger partial charge in [0.2, 0.25) is 0 Å². The number of benzene rings is 1. The summed E-state index contributed by atoms with van der Waals surface area (Å²) in [6.07, 6.45) is 1.97. The van der Waals surface area contributed by atoms with E-state index in [-0.39, 0.29) is 11.9 Å². The molecule has 100 valence electrons. The molecule has 0 aliphatic carbocycles. The van der Waals surface area contributed by atoms with Crippen LogP contribution in [0.5, 0.6) is 0 Å². The Labute approximate surface area is 114 Å². The molecule has 2 unspecified atom stereocenters. The molecule has 1 heterocycles. The average molecular weight is 257 g/mol. The Kier molecular flexibility index (Phi) is 5.00. The topological polar surface area (TPSA) is 38.3 Å². The lowest BCUT2D eigenvalue weighted by Crippen LogP contribution is -2.29. The summed E-state index contributed by atoms with van der Waals surface area (Å²) >= 11 is 0. The van der Waals surface area contributed by atoms with Crippen LogP contribution in [0.3, 0.4) is 0 Å². The van der Waals surface area contributed by atoms with E-state index in [1.807, 2.05) is 30.3 Å². The molecule has 0 aromatic heterocycles. The van der Waals surface area contributed by atoms with Crippen LogP contribution in [0.2, 0.25) is 0 Å². The van der Waals surface area contributed by atoms with E-state index in [0.717, 1.165) is 31.6 Å². The molecule has 1 aliphatic heterocycles. The van der Waals surface area contributed by atoms with Crippen LogP contribution in [0.25, 0.3) is 0 Å². The lowest BCUT2D eigenvalue weighted by molar-refractivity contribution is -0.116. The Morgan fingerprint density at radius 3 is 2.89 bits per heavy atom. The predicted octanol–water partition coefficient (Wildman–Crippen LogP) is 2.29. The van der Waals surface area contributed by atoms with E-state index in [0.29, 0.717) is 5.92 Å². The number of carbonyl (C=O) groups excluding carboxylic acids is 1. The van der Waals surface area contributed by atoms with Gasteiger partial charge in [0.1, 0.15) is 0 Å². The number of ether oxygens (including phenoxy) is 1. The molecule has 1 aromatic rings. The van der Waals surface area contributed by atoms with Crippen LogP contribution in [0.1, 0.15) is 31.4 Å². The molecule has 1 aromatic carbocycles. The van der Waals surface area contributed by atoms with Crippen molar-refractivity contribution in [1.29, 1.82) is 0 Å². The molecular weight excluding hydrogens is 238 g/mol. The van der Waals surface area contributed by atoms with Crippen molar-refractivity contribution in [2.24, 2.45) is 5.92 Å². The molecule has 1 aliphatic rings. The SMILES string of the molecule is CC#CC(=O)NC(CC1CCOC1)c1ccccc1. The van der Waals surface area contributed by atoms with Gasteiger partial charge in [-0.05, 0) is 37.2 Å². The Morgan fingerprint density at radius 2 is 2.26 bits per heavy atom. The second kappa shape index (κ2) is 6.96. The van der Waals surface area contributed by atoms with E-state index in [4.69, 9.17) is 4.74 Å². The third-order valence-corrected chi connectivity index (χ3v) is 3.34. The lowest BCUT2D eigenvalue weighted by Gasteiger charge is -2.20. The summed E-state index contributed by atoms with van der Waals surface area (Å²) in [4.78, 5) is 11.7. The molecule has 2 rings (SSSR count). The first kappa shape index (κ1) is 13.6. The van der Waals surface area contributed by atoms with E-state index in [2.05, 4.69) is 17.2 Å². The molecule has 0 bridgehead atoms. The van der Waals surface area contributed by atoms with E-state index in [9.17, 15) is 4.79 Å². The van der Waals surface area contributed by atoms with Crippen LogP contribution < -0.4 is 5.32 Å². The fourth-order valence-electron chi connectivity index (χ4n) is 2.37. The average Bonchev–Trinajstić information content (AvgIpc) is 2.92. The van der Waals surface area contributed by atoms with Gasteiger partial charge in [-0.3, -0.25) is 4.79 Å². The van der Waals surface area contributed by atoms with Crippen molar-refractivity contribution in [3.8, 4) is 11.8 Å². The largest absolute Gasteiger partial charge is 0.381 e. The fourth-order valence-corrected chi connectivity index (χ4v) is 2.37. The van der Waals surface area contributed by atoms with Crippen molar-refractivity contribution in [3.63, 3.8) is 0 Å². The van der Waals surface area contributed by atoms with Gasteiger partial charge < -0.3 is 10.1 Å². The summed E-state index contributed by atoms with van der Waals surface area (Å²) in [5.41, 5.74) is 1.13. The number of nitrogens with one attached hydrogen (secondary N) is 1. The normalized spacial score (nSPS) is 19.3. The first-order valence-electron chi connectivity index (χ1n) is 6.65. The first-order chi connectivity index (χ1) is 9.29. The molecule has 1 saturated heterocycles. The molecule has 0 saturated carbocycles. The van der Waals surface area contributed by atoms with Crippen LogP contribution in [0, 0.1) is 17.8 Å².